The van der Waals surface area contributed by atoms with Crippen LogP contribution in [0.3, 0.4) is 0 Å². The van der Waals surface area contributed by atoms with Gasteiger partial charge >= 0.3 is 6.09 Å². The molecule has 0 bridgehead atoms. The van der Waals surface area contributed by atoms with Crippen LogP contribution < -0.4 is 4.72 Å². The number of hydrogen-bond donors (Lipinski definition) is 2. The Labute approximate surface area is 233 Å². The van der Waals surface area contributed by atoms with Crippen molar-refractivity contribution in [3.05, 3.63) is 113 Å². The highest BCUT2D eigenvalue weighted by Gasteiger charge is 2.22. The van der Waals surface area contributed by atoms with Crippen molar-refractivity contribution in [1.82, 2.24) is 19.3 Å². The van der Waals surface area contributed by atoms with Gasteiger partial charge in [-0.05, 0) is 66.3 Å². The molecule has 0 saturated carbocycles. The third-order valence-corrected chi connectivity index (χ3v) is 8.21. The Kier molecular flexibility index (Phi) is 7.40. The lowest BCUT2D eigenvalue weighted by Crippen LogP contribution is -2.29. The second-order valence-electron chi connectivity index (χ2n) is 9.82. The molecular formula is C31H30N4O4S. The lowest BCUT2D eigenvalue weighted by molar-refractivity contribution is 0.201. The van der Waals surface area contributed by atoms with Gasteiger partial charge in [0.2, 0.25) is 0 Å². The Bertz CT molecular complexity index is 1810. The lowest BCUT2D eigenvalue weighted by Gasteiger charge is -2.14. The van der Waals surface area contributed by atoms with Crippen LogP contribution in [0, 0.1) is 13.8 Å². The Morgan fingerprint density at radius 2 is 1.60 bits per heavy atom. The van der Waals surface area contributed by atoms with E-state index in [0.29, 0.717) is 24.1 Å². The van der Waals surface area contributed by atoms with Crippen LogP contribution in [0.15, 0.2) is 83.8 Å². The molecule has 0 spiro atoms. The number of nitrogens with zero attached hydrogens (tertiary/aromatic N) is 3. The summed E-state index contributed by atoms with van der Waals surface area (Å²) in [6.07, 6.45) is -0.260. The minimum Gasteiger partial charge on any atom is -0.464 e. The van der Waals surface area contributed by atoms with Crippen LogP contribution in [0.1, 0.15) is 40.7 Å². The van der Waals surface area contributed by atoms with Gasteiger partial charge in [0.15, 0.2) is 5.65 Å². The SMILES string of the molecule is CCc1nc2c(C)cc(C)nc2n1Cc1ccc(-c2cc(Cc3ccccc3)ccc2S(=O)(=O)NC(=O)O)cc1. The first kappa shape index (κ1) is 27.1. The molecule has 5 aromatic rings. The fraction of sp³-hybridized carbons (Fsp3) is 0.194. The minimum absolute atomic E-state index is 0.0940. The molecule has 9 heteroatoms. The summed E-state index contributed by atoms with van der Waals surface area (Å²) >= 11 is 0. The van der Waals surface area contributed by atoms with Crippen molar-refractivity contribution in [2.45, 2.75) is 45.1 Å². The molecule has 8 nitrogen and oxygen atoms in total. The van der Waals surface area contributed by atoms with E-state index in [1.54, 1.807) is 10.8 Å². The standard InChI is InChI=1S/C31H30N4O4S/c1-4-28-33-29-20(2)16-21(3)32-30(29)35(28)19-23-10-13-25(14-11-23)26-18-24(17-22-8-6-5-7-9-22)12-15-27(26)40(38,39)34-31(36)37/h5-16,18,34H,4,17,19H2,1-3H3,(H,36,37). The van der Waals surface area contributed by atoms with Gasteiger partial charge in [-0.25, -0.2) is 27.9 Å². The highest BCUT2D eigenvalue weighted by Crippen LogP contribution is 2.30. The van der Waals surface area contributed by atoms with Gasteiger partial charge in [-0.2, -0.15) is 0 Å². The molecule has 0 saturated heterocycles. The molecule has 2 N–H and O–H groups in total. The number of pyridine rings is 1. The van der Waals surface area contributed by atoms with E-state index in [1.807, 2.05) is 80.6 Å². The number of amides is 1. The first-order chi connectivity index (χ1) is 19.1. The van der Waals surface area contributed by atoms with Crippen LogP contribution in [-0.2, 0) is 29.4 Å². The van der Waals surface area contributed by atoms with Gasteiger partial charge in [0.25, 0.3) is 10.0 Å². The van der Waals surface area contributed by atoms with E-state index in [4.69, 9.17) is 15.1 Å². The van der Waals surface area contributed by atoms with E-state index in [2.05, 4.69) is 11.5 Å². The predicted octanol–water partition coefficient (Wildman–Crippen LogP) is 5.87. The van der Waals surface area contributed by atoms with Gasteiger partial charge in [0.05, 0.1) is 11.4 Å². The fourth-order valence-electron chi connectivity index (χ4n) is 5.01. The van der Waals surface area contributed by atoms with Crippen molar-refractivity contribution >= 4 is 27.3 Å². The maximum atomic E-state index is 12.9. The number of hydrogen-bond acceptors (Lipinski definition) is 5. The number of fused-ring (bicyclic) bond motifs is 1. The van der Waals surface area contributed by atoms with Gasteiger partial charge in [-0.1, -0.05) is 67.6 Å². The van der Waals surface area contributed by atoms with Gasteiger partial charge in [0, 0.05) is 17.7 Å². The quantitative estimate of drug-likeness (QED) is 0.248. The largest absolute Gasteiger partial charge is 0.464 e. The summed E-state index contributed by atoms with van der Waals surface area (Å²) in [7, 11) is -4.29. The van der Waals surface area contributed by atoms with Gasteiger partial charge in [-0.3, -0.25) is 0 Å². The molecule has 2 heterocycles. The van der Waals surface area contributed by atoms with Crippen LogP contribution >= 0.6 is 0 Å². The number of aromatic nitrogens is 3. The molecule has 0 unspecified atom stereocenters. The molecule has 0 fully saturated rings. The second-order valence-corrected chi connectivity index (χ2v) is 11.5. The number of aryl methyl sites for hydroxylation is 3. The zero-order valence-electron chi connectivity index (χ0n) is 22.5. The summed E-state index contributed by atoms with van der Waals surface area (Å²) in [5.41, 5.74) is 7.87. The number of sulfonamides is 1. The molecule has 0 aliphatic carbocycles. The molecule has 0 aliphatic rings. The molecule has 2 aromatic heterocycles. The third kappa shape index (κ3) is 5.60. The van der Waals surface area contributed by atoms with E-state index in [-0.39, 0.29) is 4.90 Å². The molecular weight excluding hydrogens is 524 g/mol. The van der Waals surface area contributed by atoms with Crippen molar-refractivity contribution in [1.29, 1.82) is 0 Å². The van der Waals surface area contributed by atoms with Crippen molar-refractivity contribution in [2.24, 2.45) is 0 Å². The summed E-state index contributed by atoms with van der Waals surface area (Å²) in [5, 5.41) is 9.13. The first-order valence-electron chi connectivity index (χ1n) is 13.0. The lowest BCUT2D eigenvalue weighted by atomic mass is 9.98. The maximum Gasteiger partial charge on any atom is 0.418 e. The number of imidazole rings is 1. The summed E-state index contributed by atoms with van der Waals surface area (Å²) in [6, 6.07) is 24.5. The predicted molar refractivity (Wildman–Crippen MR) is 155 cm³/mol. The number of benzene rings is 3. The van der Waals surface area contributed by atoms with E-state index in [0.717, 1.165) is 51.4 Å². The number of carbonyl (C=O) groups is 1. The average molecular weight is 555 g/mol. The van der Waals surface area contributed by atoms with E-state index in [1.165, 1.54) is 6.07 Å². The van der Waals surface area contributed by atoms with Crippen LogP contribution in [0.25, 0.3) is 22.3 Å². The van der Waals surface area contributed by atoms with Crippen LogP contribution in [0.4, 0.5) is 4.79 Å². The zero-order valence-corrected chi connectivity index (χ0v) is 23.4. The Hall–Kier alpha value is -4.50. The van der Waals surface area contributed by atoms with E-state index in [9.17, 15) is 13.2 Å². The summed E-state index contributed by atoms with van der Waals surface area (Å²) in [5.74, 6) is 0.946. The normalized spacial score (nSPS) is 11.6. The third-order valence-electron chi connectivity index (χ3n) is 6.83. The average Bonchev–Trinajstić information content (AvgIpc) is 3.26. The minimum atomic E-state index is -4.29. The molecule has 1 amide bonds. The van der Waals surface area contributed by atoms with Gasteiger partial charge in [-0.15, -0.1) is 0 Å². The Balaban J connectivity index is 1.53. The van der Waals surface area contributed by atoms with Crippen LogP contribution in [0.2, 0.25) is 0 Å². The topological polar surface area (TPSA) is 114 Å². The van der Waals surface area contributed by atoms with Crippen LogP contribution in [-0.4, -0.2) is 34.2 Å². The van der Waals surface area contributed by atoms with Gasteiger partial charge < -0.3 is 9.67 Å². The second kappa shape index (κ2) is 10.9. The highest BCUT2D eigenvalue weighted by molar-refractivity contribution is 7.90. The van der Waals surface area contributed by atoms with Crippen molar-refractivity contribution in [3.8, 4) is 11.1 Å². The summed E-state index contributed by atoms with van der Waals surface area (Å²) in [4.78, 5) is 20.7. The zero-order chi connectivity index (χ0) is 28.4. The van der Waals surface area contributed by atoms with E-state index < -0.39 is 16.1 Å². The summed E-state index contributed by atoms with van der Waals surface area (Å²) in [6.45, 7) is 6.65. The van der Waals surface area contributed by atoms with Crippen LogP contribution in [0.5, 0.6) is 0 Å². The highest BCUT2D eigenvalue weighted by atomic mass is 32.2. The maximum absolute atomic E-state index is 12.9. The molecule has 204 valence electrons. The number of carboxylic acid groups (broad SMARTS) is 1. The van der Waals surface area contributed by atoms with Crippen molar-refractivity contribution in [3.63, 3.8) is 0 Å². The van der Waals surface area contributed by atoms with Crippen molar-refractivity contribution in [2.75, 3.05) is 0 Å². The first-order valence-corrected chi connectivity index (χ1v) is 14.5. The van der Waals surface area contributed by atoms with E-state index >= 15 is 0 Å². The number of nitrogens with one attached hydrogen (secondary N) is 1. The van der Waals surface area contributed by atoms with Gasteiger partial charge in [0.1, 0.15) is 11.3 Å². The monoisotopic (exact) mass is 554 g/mol. The molecule has 0 aliphatic heterocycles. The summed E-state index contributed by atoms with van der Waals surface area (Å²) < 4.78 is 29.6. The molecule has 40 heavy (non-hydrogen) atoms. The fourth-order valence-corrected chi connectivity index (χ4v) is 6.06. The number of rotatable bonds is 8. The molecule has 5 rings (SSSR count). The molecule has 0 atom stereocenters. The Morgan fingerprint density at radius 3 is 2.27 bits per heavy atom. The molecule has 3 aromatic carbocycles. The smallest absolute Gasteiger partial charge is 0.418 e. The Morgan fingerprint density at radius 1 is 0.900 bits per heavy atom. The van der Waals surface area contributed by atoms with Crippen molar-refractivity contribution < 1.29 is 18.3 Å². The molecule has 0 radical (unpaired) electrons.